The highest BCUT2D eigenvalue weighted by molar-refractivity contribution is 5.85. The number of aryl methyl sites for hydroxylation is 1. The monoisotopic (exact) mass is 442 g/mol. The lowest BCUT2D eigenvalue weighted by molar-refractivity contribution is -0.135. The summed E-state index contributed by atoms with van der Waals surface area (Å²) < 4.78 is 16.7. The third-order valence-corrected chi connectivity index (χ3v) is 5.91. The normalized spacial score (nSPS) is 19.2. The molecule has 2 aromatic rings. The largest absolute Gasteiger partial charge is 0.496 e. The van der Waals surface area contributed by atoms with Gasteiger partial charge in [0, 0.05) is 57.9 Å². The molecule has 4 rings (SSSR count). The van der Waals surface area contributed by atoms with E-state index in [2.05, 4.69) is 15.2 Å². The number of amides is 2. The van der Waals surface area contributed by atoms with Crippen molar-refractivity contribution < 1.29 is 23.5 Å². The minimum Gasteiger partial charge on any atom is -0.496 e. The number of oxazole rings is 1. The van der Waals surface area contributed by atoms with Gasteiger partial charge in [0.15, 0.2) is 11.7 Å². The van der Waals surface area contributed by atoms with Crippen LogP contribution in [0.4, 0.5) is 5.69 Å². The average Bonchev–Trinajstić information content (AvgIpc) is 3.44. The summed E-state index contributed by atoms with van der Waals surface area (Å²) in [5, 5.41) is 2.89. The average molecular weight is 443 g/mol. The zero-order valence-corrected chi connectivity index (χ0v) is 18.6. The molecule has 3 heterocycles. The van der Waals surface area contributed by atoms with E-state index in [1.54, 1.807) is 25.1 Å². The maximum Gasteiger partial charge on any atom is 0.239 e. The number of nitrogens with zero attached hydrogens (tertiary/aromatic N) is 3. The van der Waals surface area contributed by atoms with Crippen molar-refractivity contribution in [2.75, 3.05) is 51.3 Å². The van der Waals surface area contributed by atoms with E-state index < -0.39 is 0 Å². The number of aromatic nitrogens is 1. The molecule has 0 bridgehead atoms. The molecule has 172 valence electrons. The molecular formula is C23H30N4O5. The van der Waals surface area contributed by atoms with E-state index in [0.717, 1.165) is 30.7 Å². The third kappa shape index (κ3) is 5.21. The van der Waals surface area contributed by atoms with Crippen LogP contribution in [0.1, 0.15) is 25.2 Å². The van der Waals surface area contributed by atoms with Gasteiger partial charge in [-0.05, 0) is 25.0 Å². The zero-order valence-electron chi connectivity index (χ0n) is 18.6. The standard InChI is InChI=1S/C23H30N4O5/c1-16-24-14-21(32-16)19-6-5-17(12-20(19)30-2)26-8-7-23(29)27(10-9-26)15-22(28)25-13-18-4-3-11-31-18/h5-6,12,14,18H,3-4,7-11,13,15H2,1-2H3,(H,25,28). The second-order valence-electron chi connectivity index (χ2n) is 8.12. The van der Waals surface area contributed by atoms with Crippen molar-refractivity contribution in [3.8, 4) is 17.1 Å². The van der Waals surface area contributed by atoms with Gasteiger partial charge in [0.05, 0.1) is 31.5 Å². The fourth-order valence-electron chi connectivity index (χ4n) is 4.12. The number of methoxy groups -OCH3 is 1. The van der Waals surface area contributed by atoms with Crippen LogP contribution in [0.3, 0.4) is 0 Å². The van der Waals surface area contributed by atoms with Crippen LogP contribution < -0.4 is 15.0 Å². The van der Waals surface area contributed by atoms with Crippen molar-refractivity contribution in [1.82, 2.24) is 15.2 Å². The molecule has 2 saturated heterocycles. The molecule has 32 heavy (non-hydrogen) atoms. The Balaban J connectivity index is 1.37. The highest BCUT2D eigenvalue weighted by atomic mass is 16.5. The maximum atomic E-state index is 12.6. The smallest absolute Gasteiger partial charge is 0.239 e. The number of benzene rings is 1. The van der Waals surface area contributed by atoms with Gasteiger partial charge in [-0.15, -0.1) is 0 Å². The first-order valence-corrected chi connectivity index (χ1v) is 11.1. The Bertz CT molecular complexity index is 954. The molecule has 9 heteroatoms. The number of carbonyl (C=O) groups is 2. The summed E-state index contributed by atoms with van der Waals surface area (Å²) in [6.45, 7) is 4.83. The minimum atomic E-state index is -0.143. The van der Waals surface area contributed by atoms with Crippen molar-refractivity contribution in [3.05, 3.63) is 30.3 Å². The van der Waals surface area contributed by atoms with Crippen LogP contribution in [0, 0.1) is 6.92 Å². The Morgan fingerprint density at radius 1 is 1.31 bits per heavy atom. The highest BCUT2D eigenvalue weighted by Crippen LogP contribution is 2.34. The van der Waals surface area contributed by atoms with Crippen molar-refractivity contribution in [3.63, 3.8) is 0 Å². The summed E-state index contributed by atoms with van der Waals surface area (Å²) in [5.74, 6) is 1.77. The van der Waals surface area contributed by atoms with Crippen LogP contribution in [0.2, 0.25) is 0 Å². The van der Waals surface area contributed by atoms with Gasteiger partial charge in [0.25, 0.3) is 0 Å². The Labute approximate surface area is 187 Å². The molecule has 1 aromatic heterocycles. The predicted molar refractivity (Wildman–Crippen MR) is 119 cm³/mol. The summed E-state index contributed by atoms with van der Waals surface area (Å²) in [5.41, 5.74) is 1.78. The number of rotatable bonds is 7. The number of carbonyl (C=O) groups excluding carboxylic acids is 2. The molecule has 2 fully saturated rings. The van der Waals surface area contributed by atoms with Crippen molar-refractivity contribution in [2.24, 2.45) is 0 Å². The topological polar surface area (TPSA) is 97.1 Å². The Morgan fingerprint density at radius 3 is 2.91 bits per heavy atom. The van der Waals surface area contributed by atoms with E-state index in [1.165, 1.54) is 0 Å². The Kier molecular flexibility index (Phi) is 6.94. The second-order valence-corrected chi connectivity index (χ2v) is 8.12. The Hall–Kier alpha value is -3.07. The molecule has 2 amide bonds. The first-order chi connectivity index (χ1) is 15.5. The third-order valence-electron chi connectivity index (χ3n) is 5.91. The molecule has 1 N–H and O–H groups in total. The van der Waals surface area contributed by atoms with Crippen LogP contribution in [0.5, 0.6) is 5.75 Å². The summed E-state index contributed by atoms with van der Waals surface area (Å²) in [6.07, 6.45) is 4.12. The lowest BCUT2D eigenvalue weighted by Crippen LogP contribution is -2.43. The van der Waals surface area contributed by atoms with Crippen molar-refractivity contribution in [2.45, 2.75) is 32.3 Å². The molecule has 0 spiro atoms. The van der Waals surface area contributed by atoms with Gasteiger partial charge in [-0.2, -0.15) is 0 Å². The van der Waals surface area contributed by atoms with Crippen LogP contribution in [0.25, 0.3) is 11.3 Å². The highest BCUT2D eigenvalue weighted by Gasteiger charge is 2.24. The molecule has 0 aliphatic carbocycles. The van der Waals surface area contributed by atoms with Crippen LogP contribution in [-0.4, -0.2) is 74.2 Å². The number of hydrogen-bond donors (Lipinski definition) is 1. The quantitative estimate of drug-likeness (QED) is 0.700. The molecule has 0 radical (unpaired) electrons. The van der Waals surface area contributed by atoms with Gasteiger partial charge in [-0.3, -0.25) is 9.59 Å². The van der Waals surface area contributed by atoms with Gasteiger partial charge in [0.1, 0.15) is 5.75 Å². The summed E-state index contributed by atoms with van der Waals surface area (Å²) >= 11 is 0. The molecule has 1 aromatic carbocycles. The van der Waals surface area contributed by atoms with Crippen LogP contribution in [0.15, 0.2) is 28.8 Å². The molecule has 0 saturated carbocycles. The molecular weight excluding hydrogens is 412 g/mol. The summed E-state index contributed by atoms with van der Waals surface area (Å²) in [7, 11) is 1.62. The maximum absolute atomic E-state index is 12.6. The van der Waals surface area contributed by atoms with Gasteiger partial charge < -0.3 is 29.0 Å². The second kappa shape index (κ2) is 10.0. The van der Waals surface area contributed by atoms with Gasteiger partial charge in [-0.25, -0.2) is 4.98 Å². The fraction of sp³-hybridized carbons (Fsp3) is 0.522. The van der Waals surface area contributed by atoms with E-state index in [9.17, 15) is 9.59 Å². The SMILES string of the molecule is COc1cc(N2CCC(=O)N(CC(=O)NCC3CCCO3)CC2)ccc1-c1cnc(C)o1. The molecule has 9 nitrogen and oxygen atoms in total. The summed E-state index contributed by atoms with van der Waals surface area (Å²) in [6, 6.07) is 5.88. The van der Waals surface area contributed by atoms with E-state index in [1.807, 2.05) is 18.2 Å². The van der Waals surface area contributed by atoms with Gasteiger partial charge in [0.2, 0.25) is 11.8 Å². The first kappa shape index (κ1) is 22.1. The van der Waals surface area contributed by atoms with Crippen molar-refractivity contribution >= 4 is 17.5 Å². The van der Waals surface area contributed by atoms with E-state index >= 15 is 0 Å². The van der Waals surface area contributed by atoms with E-state index in [-0.39, 0.29) is 24.5 Å². The van der Waals surface area contributed by atoms with Gasteiger partial charge in [-0.1, -0.05) is 0 Å². The Morgan fingerprint density at radius 2 is 2.19 bits per heavy atom. The number of hydrogen-bond acceptors (Lipinski definition) is 7. The first-order valence-electron chi connectivity index (χ1n) is 11.1. The van der Waals surface area contributed by atoms with E-state index in [4.69, 9.17) is 13.9 Å². The minimum absolute atomic E-state index is 0.0134. The predicted octanol–water partition coefficient (Wildman–Crippen LogP) is 1.99. The lowest BCUT2D eigenvalue weighted by Gasteiger charge is -2.24. The molecule has 1 atom stereocenters. The fourth-order valence-corrected chi connectivity index (χ4v) is 4.12. The number of anilines is 1. The van der Waals surface area contributed by atoms with Crippen LogP contribution >= 0.6 is 0 Å². The molecule has 2 aliphatic heterocycles. The molecule has 1 unspecified atom stereocenters. The molecule has 2 aliphatic rings. The summed E-state index contributed by atoms with van der Waals surface area (Å²) in [4.78, 5) is 32.9. The zero-order chi connectivity index (χ0) is 22.5. The van der Waals surface area contributed by atoms with Crippen LogP contribution in [-0.2, 0) is 14.3 Å². The number of ether oxygens (including phenoxy) is 2. The van der Waals surface area contributed by atoms with Gasteiger partial charge >= 0.3 is 0 Å². The van der Waals surface area contributed by atoms with Crippen molar-refractivity contribution in [1.29, 1.82) is 0 Å². The number of nitrogens with one attached hydrogen (secondary N) is 1. The lowest BCUT2D eigenvalue weighted by atomic mass is 10.1. The van der Waals surface area contributed by atoms with E-state index in [0.29, 0.717) is 50.0 Å².